The zero-order valence-corrected chi connectivity index (χ0v) is 16.9. The largest absolute Gasteiger partial charge is 0.312 e. The number of rotatable bonds is 3. The number of aromatic amines is 2. The van der Waals surface area contributed by atoms with E-state index in [2.05, 4.69) is 68.9 Å². The molecule has 148 valence electrons. The molecular formula is C19H24ClN7O. The van der Waals surface area contributed by atoms with E-state index in [0.29, 0.717) is 18.1 Å². The number of amides is 1. The number of hydrogen-bond acceptors (Lipinski definition) is 5. The van der Waals surface area contributed by atoms with Gasteiger partial charge in [0.05, 0.1) is 0 Å². The Hall–Kier alpha value is -2.71. The van der Waals surface area contributed by atoms with Crippen molar-refractivity contribution in [1.82, 2.24) is 30.7 Å². The number of aromatic nitrogens is 5. The lowest BCUT2D eigenvalue weighted by atomic mass is 9.87. The lowest BCUT2D eigenvalue weighted by Gasteiger charge is -2.18. The molecule has 0 unspecified atom stereocenters. The summed E-state index contributed by atoms with van der Waals surface area (Å²) in [7, 11) is 0. The maximum Gasteiger partial charge on any atom is 0.278 e. The minimum absolute atomic E-state index is 0. The first-order valence-electron chi connectivity index (χ1n) is 9.03. The number of nitrogens with one attached hydrogen (secondary N) is 4. The maximum atomic E-state index is 12.5. The minimum Gasteiger partial charge on any atom is -0.312 e. The Balaban J connectivity index is 0.00000225. The van der Waals surface area contributed by atoms with E-state index >= 15 is 0 Å². The van der Waals surface area contributed by atoms with Gasteiger partial charge in [0.25, 0.3) is 5.91 Å². The maximum absolute atomic E-state index is 12.5. The van der Waals surface area contributed by atoms with E-state index in [4.69, 9.17) is 0 Å². The summed E-state index contributed by atoms with van der Waals surface area (Å²) < 4.78 is 0. The number of halogens is 1. The molecule has 0 bridgehead atoms. The Morgan fingerprint density at radius 2 is 1.86 bits per heavy atom. The Morgan fingerprint density at radius 1 is 1.11 bits per heavy atom. The summed E-state index contributed by atoms with van der Waals surface area (Å²) >= 11 is 0. The number of hydrogen-bond donors (Lipinski definition) is 4. The Morgan fingerprint density at radius 3 is 2.57 bits per heavy atom. The summed E-state index contributed by atoms with van der Waals surface area (Å²) in [6.45, 7) is 8.04. The fraction of sp³-hybridized carbons (Fsp3) is 0.368. The van der Waals surface area contributed by atoms with Crippen LogP contribution in [0.3, 0.4) is 0 Å². The molecule has 0 saturated heterocycles. The summed E-state index contributed by atoms with van der Waals surface area (Å²) in [5, 5.41) is 20.0. The van der Waals surface area contributed by atoms with Gasteiger partial charge in [0.15, 0.2) is 11.5 Å². The summed E-state index contributed by atoms with van der Waals surface area (Å²) in [4.78, 5) is 16.9. The standard InChI is InChI=1S/C19H23N7O.ClH/c1-19(2,3)12-6-4-11(5-7-12)16-21-18(26-25-16)22-17(27)15-13-10-20-9-8-14(13)23-24-15;/h4-7,20H,8-10H2,1-3H3,(H,23,24)(H2,21,22,25,26,27);1H. The average Bonchev–Trinajstić information content (AvgIpc) is 3.28. The lowest BCUT2D eigenvalue weighted by Crippen LogP contribution is -2.25. The number of anilines is 1. The van der Waals surface area contributed by atoms with Gasteiger partial charge in [-0.05, 0) is 11.0 Å². The van der Waals surface area contributed by atoms with Gasteiger partial charge in [0, 0.05) is 36.3 Å². The Bertz CT molecular complexity index is 969. The molecule has 8 nitrogen and oxygen atoms in total. The number of fused-ring (bicyclic) bond motifs is 1. The summed E-state index contributed by atoms with van der Waals surface area (Å²) in [6.07, 6.45) is 0.838. The fourth-order valence-corrected chi connectivity index (χ4v) is 3.15. The second-order valence-electron chi connectivity index (χ2n) is 7.75. The molecule has 4 rings (SSSR count). The highest BCUT2D eigenvalue weighted by atomic mass is 35.5. The summed E-state index contributed by atoms with van der Waals surface area (Å²) in [6, 6.07) is 8.17. The van der Waals surface area contributed by atoms with Crippen molar-refractivity contribution < 1.29 is 4.79 Å². The van der Waals surface area contributed by atoms with E-state index in [1.54, 1.807) is 0 Å². The van der Waals surface area contributed by atoms with Crippen molar-refractivity contribution in [3.05, 3.63) is 46.8 Å². The molecule has 1 aliphatic rings. The molecule has 1 aliphatic heterocycles. The second-order valence-corrected chi connectivity index (χ2v) is 7.75. The topological polar surface area (TPSA) is 111 Å². The van der Waals surface area contributed by atoms with Crippen LogP contribution in [0, 0.1) is 0 Å². The molecule has 1 aromatic carbocycles. The van der Waals surface area contributed by atoms with E-state index in [-0.39, 0.29) is 29.7 Å². The molecule has 0 radical (unpaired) electrons. The smallest absolute Gasteiger partial charge is 0.278 e. The first-order valence-corrected chi connectivity index (χ1v) is 9.03. The first kappa shape index (κ1) is 20.0. The predicted octanol–water partition coefficient (Wildman–Crippen LogP) is 2.81. The number of H-pyrrole nitrogens is 2. The van der Waals surface area contributed by atoms with Crippen molar-refractivity contribution in [3.8, 4) is 11.4 Å². The Labute approximate surface area is 169 Å². The number of nitrogens with zero attached hydrogens (tertiary/aromatic N) is 3. The molecule has 0 atom stereocenters. The van der Waals surface area contributed by atoms with Crippen LogP contribution >= 0.6 is 12.4 Å². The molecule has 3 aromatic rings. The molecule has 9 heteroatoms. The molecular weight excluding hydrogens is 378 g/mol. The van der Waals surface area contributed by atoms with Gasteiger partial charge in [-0.3, -0.25) is 20.3 Å². The third-order valence-corrected chi connectivity index (χ3v) is 4.76. The van der Waals surface area contributed by atoms with Crippen molar-refractivity contribution in [2.75, 3.05) is 11.9 Å². The molecule has 0 fully saturated rings. The monoisotopic (exact) mass is 401 g/mol. The van der Waals surface area contributed by atoms with E-state index in [0.717, 1.165) is 29.8 Å². The van der Waals surface area contributed by atoms with E-state index in [1.807, 2.05) is 12.1 Å². The number of carbonyl (C=O) groups excluding carboxylic acids is 1. The normalized spacial score (nSPS) is 13.5. The van der Waals surface area contributed by atoms with E-state index in [1.165, 1.54) is 5.56 Å². The van der Waals surface area contributed by atoms with Crippen LogP contribution in [0.4, 0.5) is 5.95 Å². The van der Waals surface area contributed by atoms with Crippen molar-refractivity contribution in [2.45, 2.75) is 39.2 Å². The van der Waals surface area contributed by atoms with Crippen molar-refractivity contribution >= 4 is 24.3 Å². The van der Waals surface area contributed by atoms with Gasteiger partial charge >= 0.3 is 0 Å². The third-order valence-electron chi connectivity index (χ3n) is 4.76. The van der Waals surface area contributed by atoms with Crippen molar-refractivity contribution in [3.63, 3.8) is 0 Å². The summed E-state index contributed by atoms with van der Waals surface area (Å²) in [5.74, 6) is 0.525. The molecule has 0 saturated carbocycles. The third kappa shape index (κ3) is 3.93. The highest BCUT2D eigenvalue weighted by Crippen LogP contribution is 2.25. The van der Waals surface area contributed by atoms with Gasteiger partial charge in [-0.2, -0.15) is 10.1 Å². The first-order chi connectivity index (χ1) is 12.9. The van der Waals surface area contributed by atoms with Gasteiger partial charge < -0.3 is 5.32 Å². The number of benzene rings is 1. The average molecular weight is 402 g/mol. The van der Waals surface area contributed by atoms with Crippen LogP contribution in [0.25, 0.3) is 11.4 Å². The zero-order valence-electron chi connectivity index (χ0n) is 16.1. The highest BCUT2D eigenvalue weighted by Gasteiger charge is 2.22. The lowest BCUT2D eigenvalue weighted by molar-refractivity contribution is 0.102. The van der Waals surface area contributed by atoms with Crippen LogP contribution in [0.15, 0.2) is 24.3 Å². The molecule has 0 aliphatic carbocycles. The van der Waals surface area contributed by atoms with Crippen LogP contribution in [0.2, 0.25) is 0 Å². The quantitative estimate of drug-likeness (QED) is 0.539. The van der Waals surface area contributed by atoms with Crippen LogP contribution in [0.5, 0.6) is 0 Å². The van der Waals surface area contributed by atoms with Gasteiger partial charge in [0.2, 0.25) is 5.95 Å². The van der Waals surface area contributed by atoms with Gasteiger partial charge in [-0.25, -0.2) is 0 Å². The minimum atomic E-state index is -0.315. The van der Waals surface area contributed by atoms with Gasteiger partial charge in [-0.1, -0.05) is 45.0 Å². The van der Waals surface area contributed by atoms with Crippen LogP contribution in [-0.4, -0.2) is 37.8 Å². The molecule has 2 aromatic heterocycles. The molecule has 0 spiro atoms. The second kappa shape index (κ2) is 7.73. The van der Waals surface area contributed by atoms with Gasteiger partial charge in [-0.15, -0.1) is 17.5 Å². The molecule has 28 heavy (non-hydrogen) atoms. The predicted molar refractivity (Wildman–Crippen MR) is 110 cm³/mol. The van der Waals surface area contributed by atoms with Crippen molar-refractivity contribution in [1.29, 1.82) is 0 Å². The van der Waals surface area contributed by atoms with Gasteiger partial charge in [0.1, 0.15) is 0 Å². The Kier molecular flexibility index (Phi) is 5.53. The zero-order chi connectivity index (χ0) is 19.0. The molecule has 4 N–H and O–H groups in total. The van der Waals surface area contributed by atoms with Crippen LogP contribution in [-0.2, 0) is 18.4 Å². The van der Waals surface area contributed by atoms with E-state index < -0.39 is 0 Å². The number of carbonyl (C=O) groups is 1. The molecule has 1 amide bonds. The van der Waals surface area contributed by atoms with Crippen LogP contribution in [0.1, 0.15) is 48.1 Å². The summed E-state index contributed by atoms with van der Waals surface area (Å²) in [5.41, 5.74) is 4.56. The van der Waals surface area contributed by atoms with E-state index in [9.17, 15) is 4.79 Å². The van der Waals surface area contributed by atoms with Crippen LogP contribution < -0.4 is 10.6 Å². The fourth-order valence-electron chi connectivity index (χ4n) is 3.15. The SMILES string of the molecule is CC(C)(C)c1ccc(-c2nc(NC(=O)c3n[nH]c4c3CNCC4)n[nH]2)cc1.Cl. The van der Waals surface area contributed by atoms with Crippen molar-refractivity contribution in [2.24, 2.45) is 0 Å². The highest BCUT2D eigenvalue weighted by molar-refractivity contribution is 6.03. The molecule has 3 heterocycles.